The summed E-state index contributed by atoms with van der Waals surface area (Å²) in [6, 6.07) is 16.2. The van der Waals surface area contributed by atoms with Crippen molar-refractivity contribution in [3.63, 3.8) is 0 Å². The molecule has 0 saturated heterocycles. The molecule has 1 aromatic heterocycles. The SMILES string of the molecule is Cc1nn(-c2ccccc2[NH+]([O-])O)c(C)c1[C@H]1C=C[C@@H](NCc2ccc(C(C)C)cc2)C1. The zero-order valence-corrected chi connectivity index (χ0v) is 19.2. The second kappa shape index (κ2) is 9.38. The first-order valence-corrected chi connectivity index (χ1v) is 11.2. The lowest BCUT2D eigenvalue weighted by Gasteiger charge is -2.17. The van der Waals surface area contributed by atoms with E-state index in [1.54, 1.807) is 16.8 Å². The molecule has 3 aromatic rings. The van der Waals surface area contributed by atoms with Crippen molar-refractivity contribution in [3.8, 4) is 5.69 Å². The van der Waals surface area contributed by atoms with Gasteiger partial charge in [0.1, 0.15) is 5.69 Å². The summed E-state index contributed by atoms with van der Waals surface area (Å²) in [6.45, 7) is 9.29. The normalized spacial score (nSPS) is 19.1. The first kappa shape index (κ1) is 22.4. The van der Waals surface area contributed by atoms with Crippen LogP contribution in [0.2, 0.25) is 0 Å². The van der Waals surface area contributed by atoms with E-state index in [-0.39, 0.29) is 11.6 Å². The van der Waals surface area contributed by atoms with Gasteiger partial charge in [0.15, 0.2) is 5.69 Å². The maximum absolute atomic E-state index is 11.7. The summed E-state index contributed by atoms with van der Waals surface area (Å²) in [5, 5.41) is 28.7. The summed E-state index contributed by atoms with van der Waals surface area (Å²) in [5.41, 5.74) is 6.65. The standard InChI is InChI=1S/C26H32N4O2/c1-17(2)21-11-9-20(10-12-21)16-27-23-14-13-22(15-23)26-18(3)28-29(19(26)4)24-7-5-6-8-25(24)30(31)32/h5-14,17,22-23,27,30-31H,15-16H2,1-4H3/t22-,23+/m0/s1. The minimum absolute atomic E-state index is 0.259. The highest BCUT2D eigenvalue weighted by Gasteiger charge is 2.27. The molecular weight excluding hydrogens is 400 g/mol. The maximum atomic E-state index is 11.7. The van der Waals surface area contributed by atoms with Gasteiger partial charge in [0.2, 0.25) is 0 Å². The van der Waals surface area contributed by atoms with Crippen LogP contribution in [0.4, 0.5) is 5.69 Å². The van der Waals surface area contributed by atoms with E-state index in [9.17, 15) is 10.4 Å². The average Bonchev–Trinajstić information content (AvgIpc) is 3.35. The number of aryl methyl sites for hydroxylation is 1. The lowest BCUT2D eigenvalue weighted by atomic mass is 9.95. The third-order valence-electron chi connectivity index (χ3n) is 6.38. The van der Waals surface area contributed by atoms with Gasteiger partial charge in [-0.3, -0.25) is 0 Å². The van der Waals surface area contributed by atoms with Crippen molar-refractivity contribution >= 4 is 5.69 Å². The van der Waals surface area contributed by atoms with E-state index < -0.39 is 5.23 Å². The second-order valence-corrected chi connectivity index (χ2v) is 8.93. The van der Waals surface area contributed by atoms with E-state index in [0.717, 1.165) is 24.4 Å². The first-order valence-electron chi connectivity index (χ1n) is 11.2. The lowest BCUT2D eigenvalue weighted by Crippen LogP contribution is -2.99. The Bertz CT molecular complexity index is 1100. The van der Waals surface area contributed by atoms with Crippen molar-refractivity contribution in [1.29, 1.82) is 0 Å². The number of para-hydroxylation sites is 2. The highest BCUT2D eigenvalue weighted by atomic mass is 16.8. The van der Waals surface area contributed by atoms with Gasteiger partial charge in [0, 0.05) is 35.8 Å². The number of nitrogens with zero attached hydrogens (tertiary/aromatic N) is 2. The largest absolute Gasteiger partial charge is 0.595 e. The van der Waals surface area contributed by atoms with Crippen LogP contribution in [-0.2, 0) is 6.54 Å². The number of allylic oxidation sites excluding steroid dienone is 1. The van der Waals surface area contributed by atoms with Crippen molar-refractivity contribution in [2.75, 3.05) is 0 Å². The Hall–Kier alpha value is -2.77. The van der Waals surface area contributed by atoms with Crippen molar-refractivity contribution in [2.24, 2.45) is 0 Å². The van der Waals surface area contributed by atoms with Crippen molar-refractivity contribution < 1.29 is 10.4 Å². The van der Waals surface area contributed by atoms with Crippen LogP contribution in [-0.4, -0.2) is 21.0 Å². The van der Waals surface area contributed by atoms with Crippen LogP contribution in [0.3, 0.4) is 0 Å². The average molecular weight is 433 g/mol. The summed E-state index contributed by atoms with van der Waals surface area (Å²) >= 11 is 0. The molecular formula is C26H32N4O2. The molecule has 3 N–H and O–H groups in total. The van der Waals surface area contributed by atoms with Gasteiger partial charge in [0.05, 0.1) is 5.69 Å². The smallest absolute Gasteiger partial charge is 0.189 e. The topological polar surface area (TPSA) is 77.6 Å². The van der Waals surface area contributed by atoms with Gasteiger partial charge in [-0.1, -0.05) is 62.4 Å². The Labute approximate surface area is 189 Å². The maximum Gasteiger partial charge on any atom is 0.189 e. The second-order valence-electron chi connectivity index (χ2n) is 8.93. The molecule has 1 heterocycles. The van der Waals surface area contributed by atoms with Gasteiger partial charge in [-0.2, -0.15) is 10.3 Å². The van der Waals surface area contributed by atoms with Gasteiger partial charge in [-0.05, 0) is 43.4 Å². The summed E-state index contributed by atoms with van der Waals surface area (Å²) in [7, 11) is 0. The quantitative estimate of drug-likeness (QED) is 0.386. The van der Waals surface area contributed by atoms with Crippen LogP contribution in [0.1, 0.15) is 60.2 Å². The van der Waals surface area contributed by atoms with Gasteiger partial charge in [-0.15, -0.1) is 0 Å². The Morgan fingerprint density at radius 1 is 1.12 bits per heavy atom. The molecule has 6 nitrogen and oxygen atoms in total. The molecule has 1 aliphatic rings. The zero-order valence-electron chi connectivity index (χ0n) is 19.2. The van der Waals surface area contributed by atoms with Crippen LogP contribution in [0.5, 0.6) is 0 Å². The molecule has 6 heteroatoms. The van der Waals surface area contributed by atoms with Crippen LogP contribution in [0.15, 0.2) is 60.7 Å². The van der Waals surface area contributed by atoms with E-state index in [0.29, 0.717) is 17.6 Å². The zero-order chi connectivity index (χ0) is 22.8. The van der Waals surface area contributed by atoms with Crippen LogP contribution in [0.25, 0.3) is 5.69 Å². The molecule has 0 amide bonds. The minimum atomic E-state index is -0.943. The molecule has 0 radical (unpaired) electrons. The Kier molecular flexibility index (Phi) is 6.58. The van der Waals surface area contributed by atoms with Gasteiger partial charge in [-0.25, -0.2) is 9.89 Å². The summed E-state index contributed by atoms with van der Waals surface area (Å²) in [5.74, 6) is 0.812. The third-order valence-corrected chi connectivity index (χ3v) is 6.38. The fourth-order valence-corrected chi connectivity index (χ4v) is 4.60. The first-order chi connectivity index (χ1) is 15.3. The Morgan fingerprint density at radius 2 is 1.84 bits per heavy atom. The number of hydrogen-bond acceptors (Lipinski definition) is 4. The number of aromatic nitrogens is 2. The molecule has 0 saturated carbocycles. The summed E-state index contributed by atoms with van der Waals surface area (Å²) in [4.78, 5) is 0. The molecule has 0 bridgehead atoms. The monoisotopic (exact) mass is 432 g/mol. The van der Waals surface area contributed by atoms with Crippen molar-refractivity contribution in [3.05, 3.63) is 94.0 Å². The highest BCUT2D eigenvalue weighted by Crippen LogP contribution is 2.34. The highest BCUT2D eigenvalue weighted by molar-refractivity contribution is 5.53. The predicted octanol–water partition coefficient (Wildman–Crippen LogP) is 4.22. The molecule has 3 atom stereocenters. The number of nitrogens with one attached hydrogen (secondary N) is 2. The molecule has 1 unspecified atom stereocenters. The van der Waals surface area contributed by atoms with E-state index >= 15 is 0 Å². The molecule has 1 aliphatic carbocycles. The van der Waals surface area contributed by atoms with Crippen molar-refractivity contribution in [1.82, 2.24) is 15.1 Å². The van der Waals surface area contributed by atoms with Gasteiger partial charge >= 0.3 is 0 Å². The van der Waals surface area contributed by atoms with E-state index in [4.69, 9.17) is 5.10 Å². The summed E-state index contributed by atoms with van der Waals surface area (Å²) < 4.78 is 1.78. The minimum Gasteiger partial charge on any atom is -0.595 e. The summed E-state index contributed by atoms with van der Waals surface area (Å²) in [6.07, 6.45) is 5.47. The fourth-order valence-electron chi connectivity index (χ4n) is 4.60. The van der Waals surface area contributed by atoms with Crippen LogP contribution < -0.4 is 10.5 Å². The number of benzene rings is 2. The predicted molar refractivity (Wildman–Crippen MR) is 126 cm³/mol. The van der Waals surface area contributed by atoms with Crippen molar-refractivity contribution in [2.45, 2.75) is 58.5 Å². The molecule has 0 fully saturated rings. The van der Waals surface area contributed by atoms with E-state index in [1.807, 2.05) is 26.0 Å². The van der Waals surface area contributed by atoms with Crippen LogP contribution in [0, 0.1) is 19.1 Å². The molecule has 168 valence electrons. The van der Waals surface area contributed by atoms with Crippen LogP contribution >= 0.6 is 0 Å². The Balaban J connectivity index is 1.46. The number of quaternary nitrogens is 1. The molecule has 0 aliphatic heterocycles. The number of hydrogen-bond donors (Lipinski definition) is 3. The van der Waals surface area contributed by atoms with Gasteiger partial charge < -0.3 is 10.5 Å². The van der Waals surface area contributed by atoms with E-state index in [1.165, 1.54) is 16.7 Å². The third kappa shape index (κ3) is 4.54. The van der Waals surface area contributed by atoms with E-state index in [2.05, 4.69) is 55.6 Å². The molecule has 2 aromatic carbocycles. The molecule has 0 spiro atoms. The molecule has 4 rings (SSSR count). The fraction of sp³-hybridized carbons (Fsp3) is 0.346. The molecule has 32 heavy (non-hydrogen) atoms. The Morgan fingerprint density at radius 3 is 2.53 bits per heavy atom. The van der Waals surface area contributed by atoms with Gasteiger partial charge in [0.25, 0.3) is 0 Å². The lowest BCUT2D eigenvalue weighted by molar-refractivity contribution is -0.991. The number of rotatable bonds is 7.